The average molecular weight is 147 g/mol. The Bertz CT molecular complexity index is 137. The third-order valence-corrected chi connectivity index (χ3v) is 0.684. The summed E-state index contributed by atoms with van der Waals surface area (Å²) in [5.41, 5.74) is 0. The Morgan fingerprint density at radius 2 is 2.00 bits per heavy atom. The summed E-state index contributed by atoms with van der Waals surface area (Å²) in [6.45, 7) is -0.580. The smallest absolute Gasteiger partial charge is 0.299 e. The summed E-state index contributed by atoms with van der Waals surface area (Å²) >= 11 is 0. The second kappa shape index (κ2) is 4.45. The highest BCUT2D eigenvalue weighted by Gasteiger charge is 2.07. The summed E-state index contributed by atoms with van der Waals surface area (Å²) in [6.07, 6.45) is 0.286. The Labute approximate surface area is 55.9 Å². The van der Waals surface area contributed by atoms with Crippen LogP contribution in [0.5, 0.6) is 0 Å². The van der Waals surface area contributed by atoms with Crippen LogP contribution in [0.4, 0.5) is 0 Å². The number of carbonyl (C=O) groups excluding carboxylic acids is 3. The molecule has 0 heterocycles. The lowest BCUT2D eigenvalue weighted by Gasteiger charge is -2.03. The number of rotatable bonds is 4. The van der Waals surface area contributed by atoms with Crippen molar-refractivity contribution >= 4 is 18.8 Å². The summed E-state index contributed by atoms with van der Waals surface area (Å²) in [6, 6.07) is 0. The molecule has 0 aromatic carbocycles. The normalized spacial score (nSPS) is 8.10. The van der Waals surface area contributed by atoms with Crippen LogP contribution in [-0.2, 0) is 19.3 Å². The Kier molecular flexibility index (Phi) is 3.81. The van der Waals surface area contributed by atoms with E-state index >= 15 is 0 Å². The molecule has 0 radical (unpaired) electrons. The monoisotopic (exact) mass is 147 g/mol. The molecular weight excluding hydrogens is 142 g/mol. The topological polar surface area (TPSA) is 83.9 Å². The Balaban J connectivity index is 3.73. The second-order valence-electron chi connectivity index (χ2n) is 1.35. The molecule has 6 nitrogen and oxygen atoms in total. The van der Waals surface area contributed by atoms with E-state index in [0.717, 1.165) is 0 Å². The Hall–Kier alpha value is -1.43. The predicted octanol–water partition coefficient (Wildman–Crippen LogP) is -1.38. The molecule has 6 heteroatoms. The van der Waals surface area contributed by atoms with Crippen molar-refractivity contribution in [3.8, 4) is 0 Å². The summed E-state index contributed by atoms with van der Waals surface area (Å²) in [4.78, 5) is 33.4. The molecule has 0 aliphatic rings. The van der Waals surface area contributed by atoms with Crippen molar-refractivity contribution < 1.29 is 24.5 Å². The van der Waals surface area contributed by atoms with Crippen LogP contribution in [0.3, 0.4) is 0 Å². The van der Waals surface area contributed by atoms with Crippen LogP contribution < -0.4 is 0 Å². The first kappa shape index (κ1) is 8.57. The molecule has 0 atom stereocenters. The minimum atomic E-state index is -1.07. The van der Waals surface area contributed by atoms with Crippen LogP contribution >= 0.6 is 0 Å². The molecule has 0 aromatic rings. The number of hydrogen-bond acceptors (Lipinski definition) is 5. The minimum Gasteiger partial charge on any atom is -0.299 e. The molecule has 0 unspecified atom stereocenters. The molecule has 2 amide bonds. The molecule has 0 aromatic heterocycles. The molecule has 0 fully saturated rings. The van der Waals surface area contributed by atoms with Gasteiger partial charge in [-0.15, -0.1) is 0 Å². The Morgan fingerprint density at radius 3 is 2.30 bits per heavy atom. The molecule has 0 saturated carbocycles. The van der Waals surface area contributed by atoms with Gasteiger partial charge < -0.3 is 0 Å². The van der Waals surface area contributed by atoms with E-state index in [2.05, 4.69) is 4.89 Å². The van der Waals surface area contributed by atoms with Crippen LogP contribution in [-0.4, -0.2) is 35.5 Å². The highest BCUT2D eigenvalue weighted by atomic mass is 17.1. The molecule has 10 heavy (non-hydrogen) atoms. The van der Waals surface area contributed by atoms with Crippen molar-refractivity contribution in [2.45, 2.75) is 0 Å². The van der Waals surface area contributed by atoms with E-state index in [9.17, 15) is 14.4 Å². The minimum absolute atomic E-state index is 0.143. The van der Waals surface area contributed by atoms with Crippen LogP contribution in [0.25, 0.3) is 0 Å². The number of hydrogen-bond donors (Lipinski definition) is 1. The lowest BCUT2D eigenvalue weighted by Crippen LogP contribution is -2.27. The molecule has 1 N–H and O–H groups in total. The van der Waals surface area contributed by atoms with Gasteiger partial charge in [0.1, 0.15) is 6.54 Å². The van der Waals surface area contributed by atoms with E-state index in [0.29, 0.717) is 4.90 Å². The number of nitrogens with zero attached hydrogens (tertiary/aromatic N) is 1. The van der Waals surface area contributed by atoms with E-state index in [1.165, 1.54) is 0 Å². The average Bonchev–Trinajstić information content (AvgIpc) is 1.99. The van der Waals surface area contributed by atoms with Gasteiger partial charge in [0.25, 0.3) is 0 Å². The van der Waals surface area contributed by atoms with Gasteiger partial charge in [0.2, 0.25) is 12.8 Å². The first-order chi connectivity index (χ1) is 4.74. The zero-order chi connectivity index (χ0) is 7.98. The maximum Gasteiger partial charge on any atom is 0.361 e. The van der Waals surface area contributed by atoms with Gasteiger partial charge in [-0.2, -0.15) is 5.26 Å². The number of amides is 2. The molecule has 56 valence electrons. The molecular formula is C4H5NO5. The van der Waals surface area contributed by atoms with Gasteiger partial charge in [-0.05, 0) is 0 Å². The van der Waals surface area contributed by atoms with E-state index in [-0.39, 0.29) is 12.8 Å². The highest BCUT2D eigenvalue weighted by Crippen LogP contribution is 1.78. The number of imide groups is 1. The van der Waals surface area contributed by atoms with E-state index in [1.807, 2.05) is 0 Å². The van der Waals surface area contributed by atoms with Crippen molar-refractivity contribution in [1.29, 1.82) is 0 Å². The largest absolute Gasteiger partial charge is 0.361 e. The van der Waals surface area contributed by atoms with Crippen molar-refractivity contribution in [2.75, 3.05) is 6.54 Å². The fourth-order valence-corrected chi connectivity index (χ4v) is 0.277. The van der Waals surface area contributed by atoms with Gasteiger partial charge in [0.05, 0.1) is 0 Å². The van der Waals surface area contributed by atoms with Crippen molar-refractivity contribution in [3.63, 3.8) is 0 Å². The van der Waals surface area contributed by atoms with E-state index in [1.54, 1.807) is 0 Å². The van der Waals surface area contributed by atoms with E-state index < -0.39 is 12.5 Å². The third kappa shape index (κ3) is 2.78. The molecule has 0 spiro atoms. The van der Waals surface area contributed by atoms with Crippen LogP contribution in [0.15, 0.2) is 0 Å². The molecule has 0 bridgehead atoms. The summed E-state index contributed by atoms with van der Waals surface area (Å²) in [5.74, 6) is -1.07. The Morgan fingerprint density at radius 1 is 1.50 bits per heavy atom. The first-order valence-corrected chi connectivity index (χ1v) is 2.25. The standard InChI is InChI=1S/C4H5NO5/c6-2-5(3-7)1-4(8)10-9/h2-3,9H,1H2. The van der Waals surface area contributed by atoms with Crippen molar-refractivity contribution in [2.24, 2.45) is 0 Å². The van der Waals surface area contributed by atoms with Gasteiger partial charge in [0, 0.05) is 0 Å². The number of carbonyl (C=O) groups is 3. The fourth-order valence-electron chi connectivity index (χ4n) is 0.277. The van der Waals surface area contributed by atoms with Crippen LogP contribution in [0.2, 0.25) is 0 Å². The summed E-state index contributed by atoms with van der Waals surface area (Å²) < 4.78 is 0. The lowest BCUT2D eigenvalue weighted by atomic mass is 10.6. The second-order valence-corrected chi connectivity index (χ2v) is 1.35. The van der Waals surface area contributed by atoms with E-state index in [4.69, 9.17) is 5.26 Å². The quantitative estimate of drug-likeness (QED) is 0.301. The lowest BCUT2D eigenvalue weighted by molar-refractivity contribution is -0.234. The van der Waals surface area contributed by atoms with Crippen LogP contribution in [0.1, 0.15) is 0 Å². The zero-order valence-electron chi connectivity index (χ0n) is 4.89. The van der Waals surface area contributed by atoms with Crippen LogP contribution in [0, 0.1) is 0 Å². The fraction of sp³-hybridized carbons (Fsp3) is 0.250. The molecule has 0 aliphatic heterocycles. The highest BCUT2D eigenvalue weighted by molar-refractivity contribution is 5.79. The molecule has 0 rings (SSSR count). The zero-order valence-corrected chi connectivity index (χ0v) is 4.89. The third-order valence-electron chi connectivity index (χ3n) is 0.684. The van der Waals surface area contributed by atoms with Crippen molar-refractivity contribution in [1.82, 2.24) is 4.90 Å². The predicted molar refractivity (Wildman–Crippen MR) is 27.6 cm³/mol. The van der Waals surface area contributed by atoms with Gasteiger partial charge in [-0.25, -0.2) is 4.79 Å². The summed E-state index contributed by atoms with van der Waals surface area (Å²) in [5, 5.41) is 7.67. The van der Waals surface area contributed by atoms with Gasteiger partial charge in [-0.3, -0.25) is 19.4 Å². The molecule has 0 aliphatic carbocycles. The van der Waals surface area contributed by atoms with Gasteiger partial charge in [0.15, 0.2) is 0 Å². The van der Waals surface area contributed by atoms with Gasteiger partial charge >= 0.3 is 5.97 Å². The van der Waals surface area contributed by atoms with Gasteiger partial charge in [-0.1, -0.05) is 0 Å². The first-order valence-electron chi connectivity index (χ1n) is 2.25. The maximum absolute atomic E-state index is 10.1. The SMILES string of the molecule is O=CN(C=O)CC(=O)OO. The van der Waals surface area contributed by atoms with Crippen molar-refractivity contribution in [3.05, 3.63) is 0 Å². The summed E-state index contributed by atoms with van der Waals surface area (Å²) in [7, 11) is 0. The maximum atomic E-state index is 10.1. The molecule has 0 saturated heterocycles.